The maximum Gasteiger partial charge on any atom is 0.312 e. The van der Waals surface area contributed by atoms with Gasteiger partial charge >= 0.3 is 5.69 Å². The van der Waals surface area contributed by atoms with E-state index in [2.05, 4.69) is 27.3 Å². The summed E-state index contributed by atoms with van der Waals surface area (Å²) in [5.74, 6) is -0.0818. The Morgan fingerprint density at radius 2 is 1.83 bits per heavy atom. The van der Waals surface area contributed by atoms with Gasteiger partial charge in [-0.25, -0.2) is 0 Å². The second kappa shape index (κ2) is 9.82. The van der Waals surface area contributed by atoms with Gasteiger partial charge in [0.05, 0.1) is 11.5 Å². The Balaban J connectivity index is 1.47. The molecule has 2 heterocycles. The fraction of sp³-hybridized carbons (Fsp3) is 0.524. The number of hydrogen-bond acceptors (Lipinski definition) is 6. The van der Waals surface area contributed by atoms with E-state index in [1.54, 1.807) is 30.7 Å². The van der Waals surface area contributed by atoms with Gasteiger partial charge in [-0.1, -0.05) is 12.1 Å². The summed E-state index contributed by atoms with van der Waals surface area (Å²) in [6.07, 6.45) is 0.935. The molecule has 0 radical (unpaired) electrons. The van der Waals surface area contributed by atoms with Crippen LogP contribution >= 0.6 is 0 Å². The van der Waals surface area contributed by atoms with Crippen LogP contribution in [0.25, 0.3) is 0 Å². The highest BCUT2D eigenvalue weighted by Gasteiger charge is 2.21. The zero-order valence-electron chi connectivity index (χ0n) is 17.9. The summed E-state index contributed by atoms with van der Waals surface area (Å²) in [5.41, 5.74) is 2.53. The van der Waals surface area contributed by atoms with Crippen LogP contribution in [0.4, 0.5) is 5.69 Å². The van der Waals surface area contributed by atoms with E-state index < -0.39 is 4.92 Å². The van der Waals surface area contributed by atoms with E-state index in [4.69, 9.17) is 0 Å². The molecule has 0 saturated carbocycles. The van der Waals surface area contributed by atoms with Gasteiger partial charge in [-0.05, 0) is 51.6 Å². The van der Waals surface area contributed by atoms with Gasteiger partial charge in [0.2, 0.25) is 0 Å². The predicted molar refractivity (Wildman–Crippen MR) is 115 cm³/mol. The summed E-state index contributed by atoms with van der Waals surface area (Å²) in [6, 6.07) is 7.29. The average Bonchev–Trinajstić information content (AvgIpc) is 3.00. The minimum Gasteiger partial charge on any atom is -0.352 e. The highest BCUT2D eigenvalue weighted by Crippen LogP contribution is 2.22. The number of amides is 1. The van der Waals surface area contributed by atoms with Crippen molar-refractivity contribution in [1.82, 2.24) is 24.9 Å². The third kappa shape index (κ3) is 5.43. The number of piperazine rings is 1. The second-order valence-corrected chi connectivity index (χ2v) is 7.89. The zero-order valence-corrected chi connectivity index (χ0v) is 17.9. The molecular formula is C21H30N6O3. The van der Waals surface area contributed by atoms with Gasteiger partial charge in [-0.3, -0.25) is 19.6 Å². The van der Waals surface area contributed by atoms with E-state index in [0.29, 0.717) is 30.0 Å². The molecule has 3 rings (SSSR count). The number of hydrogen-bond donors (Lipinski definition) is 1. The van der Waals surface area contributed by atoms with Crippen molar-refractivity contribution in [3.63, 3.8) is 0 Å². The molecule has 1 aliphatic rings. The largest absolute Gasteiger partial charge is 0.352 e. The number of rotatable bonds is 8. The molecule has 1 aliphatic heterocycles. The first-order valence-corrected chi connectivity index (χ1v) is 10.3. The number of carbonyl (C=O) groups excluding carboxylic acids is 1. The normalized spacial score (nSPS) is 15.3. The molecule has 0 unspecified atom stereocenters. The monoisotopic (exact) mass is 414 g/mol. The van der Waals surface area contributed by atoms with Crippen molar-refractivity contribution >= 4 is 11.6 Å². The Morgan fingerprint density at radius 3 is 2.43 bits per heavy atom. The molecule has 2 aromatic rings. The van der Waals surface area contributed by atoms with Crippen molar-refractivity contribution in [2.24, 2.45) is 0 Å². The first-order valence-electron chi connectivity index (χ1n) is 10.3. The van der Waals surface area contributed by atoms with Gasteiger partial charge in [0, 0.05) is 38.3 Å². The molecule has 9 heteroatoms. The van der Waals surface area contributed by atoms with Gasteiger partial charge in [0.15, 0.2) is 0 Å². The van der Waals surface area contributed by atoms with Gasteiger partial charge in [0.25, 0.3) is 5.91 Å². The molecule has 9 nitrogen and oxygen atoms in total. The van der Waals surface area contributed by atoms with Crippen molar-refractivity contribution in [1.29, 1.82) is 0 Å². The third-order valence-electron chi connectivity index (χ3n) is 5.61. The molecule has 30 heavy (non-hydrogen) atoms. The summed E-state index contributed by atoms with van der Waals surface area (Å²) >= 11 is 0. The molecule has 0 atom stereocenters. The lowest BCUT2D eigenvalue weighted by Crippen LogP contribution is -2.45. The SMILES string of the molecule is Cc1nn(Cc2ccc(C(=O)NCCCN3CCN(C)CC3)cc2)c(C)c1[N+](=O)[O-]. The van der Waals surface area contributed by atoms with Crippen LogP contribution in [0.2, 0.25) is 0 Å². The Morgan fingerprint density at radius 1 is 1.17 bits per heavy atom. The smallest absolute Gasteiger partial charge is 0.312 e. The van der Waals surface area contributed by atoms with E-state index in [1.165, 1.54) is 0 Å². The summed E-state index contributed by atoms with van der Waals surface area (Å²) in [6.45, 7) is 9.79. The fourth-order valence-electron chi connectivity index (χ4n) is 3.72. The van der Waals surface area contributed by atoms with Crippen molar-refractivity contribution in [2.75, 3.05) is 46.3 Å². The fourth-order valence-corrected chi connectivity index (χ4v) is 3.72. The molecule has 0 aliphatic carbocycles. The molecule has 1 aromatic carbocycles. The number of nitrogens with zero attached hydrogens (tertiary/aromatic N) is 5. The number of likely N-dealkylation sites (N-methyl/N-ethyl adjacent to an activating group) is 1. The Labute approximate surface area is 176 Å². The number of aromatic nitrogens is 2. The van der Waals surface area contributed by atoms with Crippen LogP contribution in [0.3, 0.4) is 0 Å². The number of benzene rings is 1. The van der Waals surface area contributed by atoms with Crippen LogP contribution in [0, 0.1) is 24.0 Å². The number of aryl methyl sites for hydroxylation is 1. The Hall–Kier alpha value is -2.78. The van der Waals surface area contributed by atoms with Crippen LogP contribution in [0.15, 0.2) is 24.3 Å². The predicted octanol–water partition coefficient (Wildman–Crippen LogP) is 1.82. The minimum atomic E-state index is -0.397. The zero-order chi connectivity index (χ0) is 21.7. The summed E-state index contributed by atoms with van der Waals surface area (Å²) < 4.78 is 1.63. The van der Waals surface area contributed by atoms with Crippen molar-refractivity contribution in [2.45, 2.75) is 26.8 Å². The lowest BCUT2D eigenvalue weighted by Gasteiger charge is -2.32. The number of nitro groups is 1. The Bertz CT molecular complexity index is 885. The van der Waals surface area contributed by atoms with E-state index in [9.17, 15) is 14.9 Å². The average molecular weight is 415 g/mol. The van der Waals surface area contributed by atoms with Gasteiger partial charge in [0.1, 0.15) is 11.4 Å². The molecular weight excluding hydrogens is 384 g/mol. The number of nitrogens with one attached hydrogen (secondary N) is 1. The van der Waals surface area contributed by atoms with Crippen LogP contribution in [-0.2, 0) is 6.54 Å². The van der Waals surface area contributed by atoms with Crippen LogP contribution < -0.4 is 5.32 Å². The van der Waals surface area contributed by atoms with Crippen LogP contribution in [0.5, 0.6) is 0 Å². The van der Waals surface area contributed by atoms with Crippen molar-refractivity contribution in [3.8, 4) is 0 Å². The maximum atomic E-state index is 12.4. The molecule has 1 aromatic heterocycles. The minimum absolute atomic E-state index is 0.0579. The van der Waals surface area contributed by atoms with Crippen molar-refractivity contribution in [3.05, 3.63) is 56.9 Å². The van der Waals surface area contributed by atoms with E-state index >= 15 is 0 Å². The summed E-state index contributed by atoms with van der Waals surface area (Å²) in [4.78, 5) is 27.9. The standard InChI is InChI=1S/C21H30N6O3/c1-16-20(27(29)30)17(2)26(23-16)15-18-5-7-19(8-6-18)21(28)22-9-4-10-25-13-11-24(3)12-14-25/h5-8H,4,9-15H2,1-3H3,(H,22,28). The highest BCUT2D eigenvalue weighted by molar-refractivity contribution is 5.94. The van der Waals surface area contributed by atoms with E-state index in [0.717, 1.165) is 44.7 Å². The topological polar surface area (TPSA) is 96.5 Å². The summed E-state index contributed by atoms with van der Waals surface area (Å²) in [5, 5.41) is 18.4. The lowest BCUT2D eigenvalue weighted by atomic mass is 10.1. The molecule has 0 bridgehead atoms. The van der Waals surface area contributed by atoms with Crippen LogP contribution in [-0.4, -0.2) is 76.7 Å². The lowest BCUT2D eigenvalue weighted by molar-refractivity contribution is -0.386. The molecule has 1 amide bonds. The first kappa shape index (κ1) is 21.9. The van der Waals surface area contributed by atoms with Gasteiger partial charge in [-0.2, -0.15) is 5.10 Å². The molecule has 1 N–H and O–H groups in total. The molecule has 0 spiro atoms. The van der Waals surface area contributed by atoms with Gasteiger partial charge in [-0.15, -0.1) is 0 Å². The maximum absolute atomic E-state index is 12.4. The van der Waals surface area contributed by atoms with Gasteiger partial charge < -0.3 is 15.1 Å². The summed E-state index contributed by atoms with van der Waals surface area (Å²) in [7, 11) is 2.14. The first-order chi connectivity index (χ1) is 14.3. The van der Waals surface area contributed by atoms with E-state index in [-0.39, 0.29) is 11.6 Å². The van der Waals surface area contributed by atoms with E-state index in [1.807, 2.05) is 12.1 Å². The third-order valence-corrected chi connectivity index (χ3v) is 5.61. The quantitative estimate of drug-likeness (QED) is 0.402. The molecule has 162 valence electrons. The molecule has 1 saturated heterocycles. The van der Waals surface area contributed by atoms with Crippen molar-refractivity contribution < 1.29 is 9.72 Å². The second-order valence-electron chi connectivity index (χ2n) is 7.89. The Kier molecular flexibility index (Phi) is 7.17. The highest BCUT2D eigenvalue weighted by atomic mass is 16.6. The van der Waals surface area contributed by atoms with Crippen LogP contribution in [0.1, 0.15) is 33.7 Å². The number of carbonyl (C=O) groups is 1. The molecule has 1 fully saturated rings.